The fourth-order valence-corrected chi connectivity index (χ4v) is 3.27. The molecule has 0 spiro atoms. The molecule has 5 heteroatoms. The molecule has 2 aromatic carbocycles. The summed E-state index contributed by atoms with van der Waals surface area (Å²) in [6, 6.07) is 12.9. The molecule has 4 nitrogen and oxygen atoms in total. The molecule has 124 valence electrons. The number of benzene rings is 2. The maximum absolute atomic E-state index is 12.5. The smallest absolute Gasteiger partial charge is 0.255 e. The van der Waals surface area contributed by atoms with E-state index in [1.165, 1.54) is 0 Å². The highest BCUT2D eigenvalue weighted by Crippen LogP contribution is 2.38. The van der Waals surface area contributed by atoms with Crippen LogP contribution in [0.15, 0.2) is 42.5 Å². The topological polar surface area (TPSA) is 58.2 Å². The van der Waals surface area contributed by atoms with Crippen LogP contribution in [0.25, 0.3) is 0 Å². The van der Waals surface area contributed by atoms with Gasteiger partial charge >= 0.3 is 0 Å². The van der Waals surface area contributed by atoms with Gasteiger partial charge in [-0.3, -0.25) is 9.59 Å². The fraction of sp³-hybridized carbons (Fsp3) is 0.263. The van der Waals surface area contributed by atoms with Crippen molar-refractivity contribution in [2.75, 3.05) is 10.6 Å². The number of carbonyl (C=O) groups is 2. The number of anilines is 2. The average Bonchev–Trinajstić information content (AvgIpc) is 3.27. The number of nitrogens with one attached hydrogen (secondary N) is 2. The van der Waals surface area contributed by atoms with Crippen LogP contribution < -0.4 is 10.6 Å². The third-order valence-electron chi connectivity index (χ3n) is 4.28. The molecular weight excluding hydrogens is 415 g/mol. The Balaban J connectivity index is 1.70. The van der Waals surface area contributed by atoms with Gasteiger partial charge in [0.1, 0.15) is 0 Å². The molecule has 2 N–H and O–H groups in total. The maximum atomic E-state index is 12.5. The summed E-state index contributed by atoms with van der Waals surface area (Å²) in [4.78, 5) is 24.5. The van der Waals surface area contributed by atoms with Gasteiger partial charge in [0.15, 0.2) is 0 Å². The highest BCUT2D eigenvalue weighted by Gasteiger charge is 2.39. The zero-order valence-corrected chi connectivity index (χ0v) is 15.8. The van der Waals surface area contributed by atoms with Gasteiger partial charge in [-0.2, -0.15) is 0 Å². The average molecular weight is 434 g/mol. The SMILES string of the molecule is Cc1cc(I)ccc1NC(=O)c1cccc(NC(=O)C2CC2C)c1. The summed E-state index contributed by atoms with van der Waals surface area (Å²) in [5.41, 5.74) is 2.99. The van der Waals surface area contributed by atoms with Gasteiger partial charge in [-0.05, 0) is 83.8 Å². The molecule has 0 aromatic heterocycles. The minimum Gasteiger partial charge on any atom is -0.326 e. The van der Waals surface area contributed by atoms with Crippen LogP contribution in [-0.4, -0.2) is 11.8 Å². The van der Waals surface area contributed by atoms with E-state index < -0.39 is 0 Å². The Morgan fingerprint density at radius 3 is 2.54 bits per heavy atom. The molecule has 0 bridgehead atoms. The summed E-state index contributed by atoms with van der Waals surface area (Å²) >= 11 is 2.24. The zero-order chi connectivity index (χ0) is 17.3. The van der Waals surface area contributed by atoms with E-state index in [2.05, 4.69) is 40.1 Å². The molecule has 2 aromatic rings. The van der Waals surface area contributed by atoms with Crippen LogP contribution >= 0.6 is 22.6 Å². The molecule has 2 amide bonds. The van der Waals surface area contributed by atoms with Crippen molar-refractivity contribution in [3.8, 4) is 0 Å². The first-order valence-corrected chi connectivity index (χ1v) is 9.00. The molecule has 2 unspecified atom stereocenters. The van der Waals surface area contributed by atoms with Gasteiger partial charge in [-0.25, -0.2) is 0 Å². The number of hydrogen-bond acceptors (Lipinski definition) is 2. The lowest BCUT2D eigenvalue weighted by Gasteiger charge is -2.10. The highest BCUT2D eigenvalue weighted by atomic mass is 127. The van der Waals surface area contributed by atoms with Crippen molar-refractivity contribution in [1.29, 1.82) is 0 Å². The number of amides is 2. The van der Waals surface area contributed by atoms with Gasteiger partial charge in [-0.1, -0.05) is 13.0 Å². The quantitative estimate of drug-likeness (QED) is 0.699. The highest BCUT2D eigenvalue weighted by molar-refractivity contribution is 14.1. The largest absolute Gasteiger partial charge is 0.326 e. The lowest BCUT2D eigenvalue weighted by atomic mass is 10.1. The fourth-order valence-electron chi connectivity index (χ4n) is 2.62. The van der Waals surface area contributed by atoms with Crippen LogP contribution in [0.4, 0.5) is 11.4 Å². The van der Waals surface area contributed by atoms with E-state index in [9.17, 15) is 9.59 Å². The minimum atomic E-state index is -0.185. The first-order chi connectivity index (χ1) is 11.4. The minimum absolute atomic E-state index is 0.0357. The Labute approximate surface area is 155 Å². The van der Waals surface area contributed by atoms with Crippen molar-refractivity contribution in [1.82, 2.24) is 0 Å². The Kier molecular flexibility index (Phi) is 4.89. The van der Waals surface area contributed by atoms with E-state index >= 15 is 0 Å². The lowest BCUT2D eigenvalue weighted by Crippen LogP contribution is -2.16. The molecule has 0 heterocycles. The van der Waals surface area contributed by atoms with Gasteiger partial charge in [0.25, 0.3) is 5.91 Å². The lowest BCUT2D eigenvalue weighted by molar-refractivity contribution is -0.117. The van der Waals surface area contributed by atoms with E-state index in [1.807, 2.05) is 25.1 Å². The first kappa shape index (κ1) is 17.0. The van der Waals surface area contributed by atoms with E-state index in [4.69, 9.17) is 0 Å². The van der Waals surface area contributed by atoms with Crippen molar-refractivity contribution in [3.63, 3.8) is 0 Å². The van der Waals surface area contributed by atoms with Gasteiger partial charge in [0.2, 0.25) is 5.91 Å². The van der Waals surface area contributed by atoms with E-state index in [0.29, 0.717) is 17.2 Å². The second kappa shape index (κ2) is 6.93. The van der Waals surface area contributed by atoms with Crippen molar-refractivity contribution >= 4 is 45.8 Å². The zero-order valence-electron chi connectivity index (χ0n) is 13.6. The Morgan fingerprint density at radius 1 is 1.12 bits per heavy atom. The molecule has 2 atom stereocenters. The number of hydrogen-bond donors (Lipinski definition) is 2. The van der Waals surface area contributed by atoms with Crippen molar-refractivity contribution < 1.29 is 9.59 Å². The molecular formula is C19H19IN2O2. The summed E-state index contributed by atoms with van der Waals surface area (Å²) in [5.74, 6) is 0.418. The van der Waals surface area contributed by atoms with Gasteiger partial charge in [0.05, 0.1) is 0 Å². The summed E-state index contributed by atoms with van der Waals surface area (Å²) < 4.78 is 1.13. The van der Waals surface area contributed by atoms with Crippen molar-refractivity contribution in [3.05, 3.63) is 57.2 Å². The van der Waals surface area contributed by atoms with Crippen LogP contribution in [0.5, 0.6) is 0 Å². The van der Waals surface area contributed by atoms with E-state index in [1.54, 1.807) is 24.3 Å². The molecule has 1 aliphatic rings. The Morgan fingerprint density at radius 2 is 1.88 bits per heavy atom. The van der Waals surface area contributed by atoms with E-state index in [0.717, 1.165) is 21.2 Å². The summed E-state index contributed by atoms with van der Waals surface area (Å²) in [6.07, 6.45) is 0.943. The second-order valence-electron chi connectivity index (χ2n) is 6.30. The molecule has 1 aliphatic carbocycles. The second-order valence-corrected chi connectivity index (χ2v) is 7.55. The molecule has 1 fully saturated rings. The number of halogens is 1. The van der Waals surface area contributed by atoms with Gasteiger partial charge in [-0.15, -0.1) is 0 Å². The molecule has 0 saturated heterocycles. The summed E-state index contributed by atoms with van der Waals surface area (Å²) in [7, 11) is 0. The van der Waals surface area contributed by atoms with Crippen molar-refractivity contribution in [2.45, 2.75) is 20.3 Å². The monoisotopic (exact) mass is 434 g/mol. The van der Waals surface area contributed by atoms with Crippen LogP contribution in [0.3, 0.4) is 0 Å². The summed E-state index contributed by atoms with van der Waals surface area (Å²) in [6.45, 7) is 4.03. The summed E-state index contributed by atoms with van der Waals surface area (Å²) in [5, 5.41) is 5.81. The molecule has 3 rings (SSSR count). The van der Waals surface area contributed by atoms with E-state index in [-0.39, 0.29) is 17.7 Å². The normalized spacial score (nSPS) is 18.8. The Bertz CT molecular complexity index is 804. The predicted molar refractivity (Wildman–Crippen MR) is 104 cm³/mol. The molecule has 0 radical (unpaired) electrons. The van der Waals surface area contributed by atoms with Gasteiger partial charge < -0.3 is 10.6 Å². The number of carbonyl (C=O) groups excluding carboxylic acids is 2. The maximum Gasteiger partial charge on any atom is 0.255 e. The predicted octanol–water partition coefficient (Wildman–Crippen LogP) is 4.45. The Hall–Kier alpha value is -1.89. The first-order valence-electron chi connectivity index (χ1n) is 7.92. The van der Waals surface area contributed by atoms with Gasteiger partial charge in [0, 0.05) is 26.4 Å². The molecule has 1 saturated carbocycles. The van der Waals surface area contributed by atoms with Crippen LogP contribution in [0.1, 0.15) is 29.3 Å². The van der Waals surface area contributed by atoms with Crippen LogP contribution in [0.2, 0.25) is 0 Å². The molecule has 0 aliphatic heterocycles. The third kappa shape index (κ3) is 3.95. The van der Waals surface area contributed by atoms with Crippen LogP contribution in [0, 0.1) is 22.3 Å². The molecule has 24 heavy (non-hydrogen) atoms. The standard InChI is InChI=1S/C19H19IN2O2/c1-11-9-16(11)19(24)21-15-5-3-4-13(10-15)18(23)22-17-7-6-14(20)8-12(17)2/h3-8,10-11,16H,9H2,1-2H3,(H,21,24)(H,22,23). The number of rotatable bonds is 4. The number of aryl methyl sites for hydroxylation is 1. The third-order valence-corrected chi connectivity index (χ3v) is 4.95. The van der Waals surface area contributed by atoms with Crippen LogP contribution in [-0.2, 0) is 4.79 Å². The van der Waals surface area contributed by atoms with Crippen molar-refractivity contribution in [2.24, 2.45) is 11.8 Å².